The molecule has 0 spiro atoms. The Kier molecular flexibility index (Phi) is 15.4. The molecule has 8 bridgehead atoms. The first kappa shape index (κ1) is 41.0. The quantitative estimate of drug-likeness (QED) is 0.310. The molecule has 5 heterocycles. The predicted octanol–water partition coefficient (Wildman–Crippen LogP) is 4.08. The maximum absolute atomic E-state index is 8.49. The van der Waals surface area contributed by atoms with Gasteiger partial charge in [0.15, 0.2) is 0 Å². The Morgan fingerprint density at radius 2 is 0.708 bits per heavy atom. The van der Waals surface area contributed by atoms with Crippen molar-refractivity contribution in [2.45, 2.75) is 107 Å². The van der Waals surface area contributed by atoms with E-state index in [1.54, 1.807) is 0 Å². The molecule has 48 heavy (non-hydrogen) atoms. The van der Waals surface area contributed by atoms with Crippen molar-refractivity contribution in [3.63, 3.8) is 0 Å². The van der Waals surface area contributed by atoms with E-state index in [1.807, 2.05) is 0 Å². The minimum Gasteiger partial charge on any atom is -0.657 e. The Hall–Kier alpha value is -3.15. The predicted molar refractivity (Wildman–Crippen MR) is 177 cm³/mol. The van der Waals surface area contributed by atoms with Crippen LogP contribution in [0.15, 0.2) is 24.3 Å². The van der Waals surface area contributed by atoms with Gasteiger partial charge in [-0.2, -0.15) is 0 Å². The van der Waals surface area contributed by atoms with Crippen LogP contribution in [0.1, 0.15) is 126 Å². The molecule has 258 valence electrons. The van der Waals surface area contributed by atoms with Gasteiger partial charge in [0.05, 0.1) is 22.8 Å². The van der Waals surface area contributed by atoms with Crippen LogP contribution in [0.2, 0.25) is 0 Å². The van der Waals surface area contributed by atoms with E-state index in [2.05, 4.69) is 79.7 Å². The van der Waals surface area contributed by atoms with Gasteiger partial charge < -0.3 is 9.97 Å². The Labute approximate surface area is 295 Å². The normalized spacial score (nSPS) is 12.7. The number of halogens is 1. The number of allylic oxidation sites excluding steroid dienone is 4. The van der Waals surface area contributed by atoms with Crippen molar-refractivity contribution in [3.8, 4) is 0 Å². The van der Waals surface area contributed by atoms with Gasteiger partial charge in [0.1, 0.15) is 5.59 Å². The summed E-state index contributed by atoms with van der Waals surface area (Å²) >= 11 is 0. The third-order valence-electron chi connectivity index (χ3n) is 8.82. The maximum atomic E-state index is 8.49. The van der Waals surface area contributed by atoms with Crippen molar-refractivity contribution in [1.29, 1.82) is 0 Å². The molecule has 2 aliphatic heterocycles. The molecule has 0 unspecified atom stereocenters. The van der Waals surface area contributed by atoms with E-state index >= 15 is 0 Å². The van der Waals surface area contributed by atoms with Gasteiger partial charge >= 0.3 is 17.1 Å². The summed E-state index contributed by atoms with van der Waals surface area (Å²) in [5.74, 6) is 0. The van der Waals surface area contributed by atoms with Crippen LogP contribution in [0, 0.1) is 15.2 Å². The Bertz CT molecular complexity index is 1690. The zero-order valence-electron chi connectivity index (χ0n) is 29.0. The second-order valence-electron chi connectivity index (χ2n) is 11.1. The molecule has 10 nitrogen and oxygen atoms in total. The van der Waals surface area contributed by atoms with E-state index in [1.165, 1.54) is 44.5 Å². The smallest absolute Gasteiger partial charge is 0.657 e. The summed E-state index contributed by atoms with van der Waals surface area (Å²) in [5.41, 5.74) is 24.9. The molecular weight excluding hydrogens is 674 g/mol. The van der Waals surface area contributed by atoms with Crippen LogP contribution < -0.4 is 34.2 Å². The van der Waals surface area contributed by atoms with Crippen molar-refractivity contribution in [1.82, 2.24) is 25.5 Å². The molecule has 5 rings (SSSR count). The van der Waals surface area contributed by atoms with E-state index in [4.69, 9.17) is 49.1 Å². The fourth-order valence-corrected chi connectivity index (χ4v) is 6.92. The molecule has 0 fully saturated rings. The van der Waals surface area contributed by atoms with E-state index in [-0.39, 0.29) is 17.1 Å². The third-order valence-corrected chi connectivity index (χ3v) is 8.82. The minimum atomic E-state index is -4.94. The Morgan fingerprint density at radius 1 is 0.479 bits per heavy atom. The van der Waals surface area contributed by atoms with Gasteiger partial charge in [-0.15, -0.1) is 37.2 Å². The molecule has 0 saturated carbocycles. The largest absolute Gasteiger partial charge is 3.00 e. The Morgan fingerprint density at radius 3 is 0.938 bits per heavy atom. The molecule has 0 aromatic carbocycles. The molecule has 0 aliphatic carbocycles. The number of aromatic nitrogens is 4. The number of nitroso groups, excluding NO2 is 1. The van der Waals surface area contributed by atoms with Gasteiger partial charge in [-0.05, 0) is 79.7 Å². The summed E-state index contributed by atoms with van der Waals surface area (Å²) in [6.07, 6.45) is 7.60. The van der Waals surface area contributed by atoms with Crippen LogP contribution in [0.3, 0.4) is 0 Å². The van der Waals surface area contributed by atoms with Crippen LogP contribution in [-0.4, -0.2) is 9.97 Å². The van der Waals surface area contributed by atoms with E-state index in [0.717, 1.165) is 96.2 Å². The number of nitrogens with zero attached hydrogens (tertiary/aromatic N) is 5. The molecule has 2 aliphatic rings. The number of hydrogen-bond acceptors (Lipinski definition) is 7. The van der Waals surface area contributed by atoms with Gasteiger partial charge in [0.2, 0.25) is 0 Å². The molecule has 0 saturated heterocycles. The fraction of sp³-hybridized carbons (Fsp3) is 0.444. The molecule has 0 N–H and O–H groups in total. The summed E-state index contributed by atoms with van der Waals surface area (Å²) in [6.45, 7) is 17.9. The van der Waals surface area contributed by atoms with E-state index in [0.29, 0.717) is 0 Å². The summed E-state index contributed by atoms with van der Waals surface area (Å²) in [5, 5.41) is 0. The number of hydrogen-bond donors (Lipinski definition) is 0. The van der Waals surface area contributed by atoms with Crippen LogP contribution in [0.4, 0.5) is 0 Å². The number of fused-ring (bicyclic) bond motifs is 8. The second-order valence-corrected chi connectivity index (χ2v) is 11.9. The monoisotopic (exact) mass is 717 g/mol. The van der Waals surface area contributed by atoms with E-state index < -0.39 is 10.2 Å². The molecular formula is C36H44ClFeN5O5. The zero-order valence-corrected chi connectivity index (χ0v) is 30.8. The zero-order chi connectivity index (χ0) is 35.1. The Balaban J connectivity index is 0.000000917. The molecule has 0 atom stereocenters. The maximum Gasteiger partial charge on any atom is 3.00 e. The first-order chi connectivity index (χ1) is 22.5. The molecule has 0 amide bonds. The van der Waals surface area contributed by atoms with Crippen LogP contribution in [0.5, 0.6) is 0 Å². The topological polar surface area (TPSA) is 186 Å². The van der Waals surface area contributed by atoms with Gasteiger partial charge in [-0.3, -0.25) is 0 Å². The SMILES string of the molecule is CCC1=C(CC)c2cc3[n-]c(cc4[n-]c(cc5nc(cc1n2)C(CC)=C5CC)c(CC)c4CC)c(CC)c3CC.[Fe+3].[N]=O.[O-][Cl+3]([O-])([O-])[O-]. The fourth-order valence-electron chi connectivity index (χ4n) is 6.92. The second kappa shape index (κ2) is 18.0. The molecule has 2 radical (unpaired) electrons. The van der Waals surface area contributed by atoms with Crippen molar-refractivity contribution >= 4 is 44.4 Å². The van der Waals surface area contributed by atoms with Crippen LogP contribution in [-0.2, 0) is 42.8 Å². The van der Waals surface area contributed by atoms with Gasteiger partial charge in [0.25, 0.3) is 0 Å². The number of aryl methyl sites for hydroxylation is 4. The van der Waals surface area contributed by atoms with E-state index in [9.17, 15) is 0 Å². The minimum absolute atomic E-state index is 0. The standard InChI is InChI=1S/C36H44N4.ClHO4.Fe.NO/c1-9-21-22(10-2)30-18-32-25(13-5)26(14-6)34(39-32)20-36-28(16-8)27(15-7)35(40-36)19-33-24(12-4)23(11-3)31(38-33)17-29(21)37-30;2-1(3,4)5;;1-2/h17-20H,9-16H2,1-8H3;(H,2,3,4,5);;/q-2;;+3;/p-1. The average Bonchev–Trinajstić information content (AvgIpc) is 3.76. The van der Waals surface area contributed by atoms with Crippen molar-refractivity contribution in [2.24, 2.45) is 0 Å². The molecule has 12 heteroatoms. The summed E-state index contributed by atoms with van der Waals surface area (Å²) in [7, 11) is -4.94. The first-order valence-electron chi connectivity index (χ1n) is 16.4. The van der Waals surface area contributed by atoms with Gasteiger partial charge in [-0.25, -0.2) is 28.6 Å². The third kappa shape index (κ3) is 8.70. The first-order valence-corrected chi connectivity index (χ1v) is 17.6. The van der Waals surface area contributed by atoms with Gasteiger partial charge in [0, 0.05) is 0 Å². The molecule has 3 aromatic rings. The van der Waals surface area contributed by atoms with Crippen molar-refractivity contribution < 1.29 is 45.9 Å². The van der Waals surface area contributed by atoms with Crippen molar-refractivity contribution in [3.05, 3.63) is 74.2 Å². The van der Waals surface area contributed by atoms with Crippen LogP contribution >= 0.6 is 0 Å². The average molecular weight is 718 g/mol. The number of rotatable bonds is 8. The van der Waals surface area contributed by atoms with Gasteiger partial charge in [-0.1, -0.05) is 95.8 Å². The summed E-state index contributed by atoms with van der Waals surface area (Å²) in [6, 6.07) is 8.98. The van der Waals surface area contributed by atoms with Crippen LogP contribution in [0.25, 0.3) is 44.4 Å². The van der Waals surface area contributed by atoms with Crippen molar-refractivity contribution in [2.75, 3.05) is 0 Å². The molecule has 3 aromatic heterocycles. The summed E-state index contributed by atoms with van der Waals surface area (Å²) in [4.78, 5) is 28.3. The summed E-state index contributed by atoms with van der Waals surface area (Å²) < 4.78 is 34.0.